The van der Waals surface area contributed by atoms with Crippen LogP contribution in [0.5, 0.6) is 0 Å². The van der Waals surface area contributed by atoms with Crippen molar-refractivity contribution in [3.8, 4) is 0 Å². The van der Waals surface area contributed by atoms with Gasteiger partial charge in [0.1, 0.15) is 0 Å². The Hall–Kier alpha value is -1.95. The fraction of sp³-hybridized carbons (Fsp3) is 0.188. The molecule has 116 valence electrons. The van der Waals surface area contributed by atoms with E-state index in [9.17, 15) is 18.0 Å². The van der Waals surface area contributed by atoms with Gasteiger partial charge in [-0.15, -0.1) is 0 Å². The Balaban J connectivity index is 2.34. The first-order chi connectivity index (χ1) is 10.3. The largest absolute Gasteiger partial charge is 0.416 e. The molecule has 0 spiro atoms. The summed E-state index contributed by atoms with van der Waals surface area (Å²) < 4.78 is 38.2. The molecule has 1 amide bonds. The Kier molecular flexibility index (Phi) is 4.81. The van der Waals surface area contributed by atoms with Gasteiger partial charge in [-0.3, -0.25) is 4.79 Å². The second-order valence-corrected chi connectivity index (χ2v) is 5.94. The quantitative estimate of drug-likeness (QED) is 0.824. The summed E-state index contributed by atoms with van der Waals surface area (Å²) in [6.45, 7) is 0. The predicted molar refractivity (Wildman–Crippen MR) is 80.0 cm³/mol. The normalized spacial score (nSPS) is 11.3. The van der Waals surface area contributed by atoms with Crippen LogP contribution in [0.1, 0.15) is 15.9 Å². The van der Waals surface area contributed by atoms with Gasteiger partial charge in [-0.05, 0) is 30.3 Å². The van der Waals surface area contributed by atoms with Gasteiger partial charge in [-0.1, -0.05) is 30.0 Å². The van der Waals surface area contributed by atoms with E-state index < -0.39 is 11.7 Å². The molecule has 0 aliphatic carbocycles. The number of rotatable bonds is 3. The monoisotopic (exact) mass is 325 g/mol. The van der Waals surface area contributed by atoms with E-state index in [1.807, 2.05) is 0 Å². The number of hydrogen-bond acceptors (Lipinski definition) is 2. The lowest BCUT2D eigenvalue weighted by atomic mass is 10.2. The van der Waals surface area contributed by atoms with Crippen molar-refractivity contribution in [2.75, 3.05) is 14.1 Å². The van der Waals surface area contributed by atoms with Crippen LogP contribution in [0.15, 0.2) is 58.3 Å². The van der Waals surface area contributed by atoms with Crippen LogP contribution < -0.4 is 0 Å². The zero-order chi connectivity index (χ0) is 16.3. The Morgan fingerprint density at radius 1 is 1.05 bits per heavy atom. The Labute approximate surface area is 130 Å². The zero-order valence-electron chi connectivity index (χ0n) is 12.0. The third kappa shape index (κ3) is 3.82. The SMILES string of the molecule is CN(C)C(=O)c1ccccc1Sc1cccc(C(F)(F)F)c1. The van der Waals surface area contributed by atoms with Gasteiger partial charge in [-0.25, -0.2) is 0 Å². The summed E-state index contributed by atoms with van der Waals surface area (Å²) in [7, 11) is 3.27. The number of carbonyl (C=O) groups excluding carboxylic acids is 1. The molecule has 0 saturated heterocycles. The Bertz CT molecular complexity index is 683. The van der Waals surface area contributed by atoms with Crippen molar-refractivity contribution in [2.45, 2.75) is 16.0 Å². The molecule has 2 rings (SSSR count). The highest BCUT2D eigenvalue weighted by Gasteiger charge is 2.30. The number of halogens is 3. The molecule has 22 heavy (non-hydrogen) atoms. The van der Waals surface area contributed by atoms with E-state index in [0.717, 1.165) is 23.9 Å². The van der Waals surface area contributed by atoms with E-state index in [2.05, 4.69) is 0 Å². The lowest BCUT2D eigenvalue weighted by Gasteiger charge is -2.14. The van der Waals surface area contributed by atoms with Crippen LogP contribution in [-0.2, 0) is 6.18 Å². The number of alkyl halides is 3. The molecule has 2 aromatic carbocycles. The second kappa shape index (κ2) is 6.44. The number of benzene rings is 2. The van der Waals surface area contributed by atoms with E-state index >= 15 is 0 Å². The lowest BCUT2D eigenvalue weighted by molar-refractivity contribution is -0.137. The van der Waals surface area contributed by atoms with Crippen LogP contribution in [0.25, 0.3) is 0 Å². The summed E-state index contributed by atoms with van der Waals surface area (Å²) in [4.78, 5) is 14.6. The summed E-state index contributed by atoms with van der Waals surface area (Å²) >= 11 is 1.14. The first kappa shape index (κ1) is 16.4. The van der Waals surface area contributed by atoms with Crippen molar-refractivity contribution in [1.82, 2.24) is 4.90 Å². The minimum atomic E-state index is -4.38. The van der Waals surface area contributed by atoms with Crippen molar-refractivity contribution >= 4 is 17.7 Å². The van der Waals surface area contributed by atoms with Gasteiger partial charge < -0.3 is 4.90 Å². The Morgan fingerprint density at radius 2 is 1.73 bits per heavy atom. The average molecular weight is 325 g/mol. The summed E-state index contributed by atoms with van der Waals surface area (Å²) in [5.41, 5.74) is -0.233. The van der Waals surface area contributed by atoms with E-state index in [-0.39, 0.29) is 5.91 Å². The first-order valence-corrected chi connectivity index (χ1v) is 7.26. The molecule has 0 N–H and O–H groups in total. The van der Waals surface area contributed by atoms with Crippen molar-refractivity contribution in [2.24, 2.45) is 0 Å². The van der Waals surface area contributed by atoms with Crippen LogP contribution >= 0.6 is 11.8 Å². The van der Waals surface area contributed by atoms with Gasteiger partial charge in [0, 0.05) is 23.9 Å². The summed E-state index contributed by atoms with van der Waals surface area (Å²) in [5, 5.41) is 0. The molecule has 0 unspecified atom stereocenters. The summed E-state index contributed by atoms with van der Waals surface area (Å²) in [5.74, 6) is -0.185. The van der Waals surface area contributed by atoms with E-state index in [1.165, 1.54) is 11.0 Å². The third-order valence-corrected chi connectivity index (χ3v) is 3.98. The smallest absolute Gasteiger partial charge is 0.345 e. The maximum Gasteiger partial charge on any atom is 0.416 e. The molecule has 0 aliphatic rings. The van der Waals surface area contributed by atoms with Crippen molar-refractivity contribution in [3.05, 3.63) is 59.7 Å². The molecule has 0 saturated carbocycles. The van der Waals surface area contributed by atoms with E-state index in [4.69, 9.17) is 0 Å². The molecule has 2 nitrogen and oxygen atoms in total. The van der Waals surface area contributed by atoms with Crippen molar-refractivity contribution in [1.29, 1.82) is 0 Å². The number of nitrogens with zero attached hydrogens (tertiary/aromatic N) is 1. The lowest BCUT2D eigenvalue weighted by Crippen LogP contribution is -2.22. The molecule has 0 fully saturated rings. The van der Waals surface area contributed by atoms with Crippen molar-refractivity contribution < 1.29 is 18.0 Å². The van der Waals surface area contributed by atoms with Gasteiger partial charge in [0.2, 0.25) is 0 Å². The topological polar surface area (TPSA) is 20.3 Å². The predicted octanol–water partition coefficient (Wildman–Crippen LogP) is 4.56. The highest BCUT2D eigenvalue weighted by molar-refractivity contribution is 7.99. The molecule has 0 atom stereocenters. The molecule has 0 bridgehead atoms. The maximum absolute atomic E-state index is 12.7. The summed E-state index contributed by atoms with van der Waals surface area (Å²) in [6, 6.07) is 11.9. The highest BCUT2D eigenvalue weighted by atomic mass is 32.2. The fourth-order valence-electron chi connectivity index (χ4n) is 1.84. The van der Waals surface area contributed by atoms with Crippen LogP contribution in [0.3, 0.4) is 0 Å². The first-order valence-electron chi connectivity index (χ1n) is 6.45. The Morgan fingerprint density at radius 3 is 2.36 bits per heavy atom. The standard InChI is InChI=1S/C16H14F3NOS/c1-20(2)15(21)13-8-3-4-9-14(13)22-12-7-5-6-11(10-12)16(17,18)19/h3-10H,1-2H3. The van der Waals surface area contributed by atoms with Gasteiger partial charge in [0.25, 0.3) is 5.91 Å². The molecule has 0 aromatic heterocycles. The molecule has 0 aliphatic heterocycles. The summed E-state index contributed by atoms with van der Waals surface area (Å²) in [6.07, 6.45) is -4.38. The molecular formula is C16H14F3NOS. The van der Waals surface area contributed by atoms with Crippen LogP contribution in [0, 0.1) is 0 Å². The van der Waals surface area contributed by atoms with E-state index in [1.54, 1.807) is 44.4 Å². The van der Waals surface area contributed by atoms with Gasteiger partial charge in [0.05, 0.1) is 11.1 Å². The van der Waals surface area contributed by atoms with Gasteiger partial charge in [0.15, 0.2) is 0 Å². The van der Waals surface area contributed by atoms with Gasteiger partial charge >= 0.3 is 6.18 Å². The number of amides is 1. The third-order valence-electron chi connectivity index (χ3n) is 2.91. The van der Waals surface area contributed by atoms with Crippen LogP contribution in [0.4, 0.5) is 13.2 Å². The minimum absolute atomic E-state index is 0.185. The van der Waals surface area contributed by atoms with Crippen molar-refractivity contribution in [3.63, 3.8) is 0 Å². The average Bonchev–Trinajstić information content (AvgIpc) is 2.46. The molecular weight excluding hydrogens is 311 g/mol. The fourth-order valence-corrected chi connectivity index (χ4v) is 2.83. The minimum Gasteiger partial charge on any atom is -0.345 e. The van der Waals surface area contributed by atoms with Crippen LogP contribution in [-0.4, -0.2) is 24.9 Å². The molecule has 0 heterocycles. The molecule has 6 heteroatoms. The second-order valence-electron chi connectivity index (χ2n) is 4.82. The maximum atomic E-state index is 12.7. The molecule has 0 radical (unpaired) electrons. The number of hydrogen-bond donors (Lipinski definition) is 0. The van der Waals surface area contributed by atoms with Gasteiger partial charge in [-0.2, -0.15) is 13.2 Å². The zero-order valence-corrected chi connectivity index (χ0v) is 12.8. The van der Waals surface area contributed by atoms with E-state index in [0.29, 0.717) is 15.4 Å². The number of carbonyl (C=O) groups is 1. The highest BCUT2D eigenvalue weighted by Crippen LogP contribution is 2.35. The molecule has 2 aromatic rings. The van der Waals surface area contributed by atoms with Crippen LogP contribution in [0.2, 0.25) is 0 Å².